The van der Waals surface area contributed by atoms with E-state index in [4.69, 9.17) is 5.41 Å². The summed E-state index contributed by atoms with van der Waals surface area (Å²) < 4.78 is 14.9. The molecule has 1 aromatic heterocycles. The molecule has 1 heterocycles. The number of nitrogens with one attached hydrogen (secondary N) is 1. The Bertz CT molecular complexity index is 731. The molecule has 18 heavy (non-hydrogen) atoms. The molecule has 0 spiro atoms. The molecule has 0 aliphatic heterocycles. The highest BCUT2D eigenvalue weighted by Crippen LogP contribution is 2.38. The van der Waals surface area contributed by atoms with E-state index in [1.807, 2.05) is 18.2 Å². The molecule has 0 unspecified atom stereocenters. The van der Waals surface area contributed by atoms with E-state index in [1.54, 1.807) is 23.5 Å². The van der Waals surface area contributed by atoms with E-state index in [1.165, 1.54) is 12.3 Å². The summed E-state index contributed by atoms with van der Waals surface area (Å²) in [5.74, 6) is -0.176. The minimum absolute atomic E-state index is 0.176. The molecule has 1 aliphatic carbocycles. The number of hydrogen-bond donors (Lipinski definition) is 1. The molecule has 0 fully saturated rings. The highest BCUT2D eigenvalue weighted by atomic mass is 32.1. The molecule has 1 nitrogen and oxygen atoms in total. The zero-order valence-corrected chi connectivity index (χ0v) is 10.4. The lowest BCUT2D eigenvalue weighted by Gasteiger charge is -2.02. The Hall–Kier alpha value is -1.96. The topological polar surface area (TPSA) is 23.9 Å². The summed E-state index contributed by atoms with van der Waals surface area (Å²) >= 11 is 1.60. The summed E-state index contributed by atoms with van der Waals surface area (Å²) in [5, 5.41) is 8.03. The number of fused-ring (bicyclic) bond motifs is 3. The molecular weight excluding hydrogens is 245 g/mol. The van der Waals surface area contributed by atoms with Crippen molar-refractivity contribution in [3.05, 3.63) is 51.8 Å². The smallest absolute Gasteiger partial charge is 0.128 e. The van der Waals surface area contributed by atoms with E-state index < -0.39 is 0 Å². The fourth-order valence-corrected chi connectivity index (χ4v) is 3.35. The van der Waals surface area contributed by atoms with Crippen LogP contribution in [0.3, 0.4) is 0 Å². The molecule has 0 saturated carbocycles. The third-order valence-corrected chi connectivity index (χ3v) is 4.20. The van der Waals surface area contributed by atoms with E-state index >= 15 is 0 Å². The number of hydrogen-bond acceptors (Lipinski definition) is 2. The van der Waals surface area contributed by atoms with Crippen LogP contribution in [-0.4, -0.2) is 6.21 Å². The second kappa shape index (κ2) is 4.37. The van der Waals surface area contributed by atoms with Gasteiger partial charge < -0.3 is 5.41 Å². The van der Waals surface area contributed by atoms with Gasteiger partial charge in [-0.1, -0.05) is 6.08 Å². The highest BCUT2D eigenvalue weighted by Gasteiger charge is 2.15. The lowest BCUT2D eigenvalue weighted by Crippen LogP contribution is -1.88. The summed E-state index contributed by atoms with van der Waals surface area (Å²) in [5.41, 5.74) is 4.93. The van der Waals surface area contributed by atoms with Gasteiger partial charge >= 0.3 is 0 Å². The Morgan fingerprint density at radius 3 is 3.06 bits per heavy atom. The maximum atomic E-state index is 13.9. The molecule has 0 atom stereocenters. The van der Waals surface area contributed by atoms with Crippen molar-refractivity contribution in [3.63, 3.8) is 0 Å². The van der Waals surface area contributed by atoms with Crippen molar-refractivity contribution in [1.29, 1.82) is 5.41 Å². The molecule has 88 valence electrons. The second-order valence-electron chi connectivity index (χ2n) is 4.04. The van der Waals surface area contributed by atoms with Crippen LogP contribution >= 0.6 is 11.3 Å². The third kappa shape index (κ3) is 1.65. The summed E-state index contributed by atoms with van der Waals surface area (Å²) in [6, 6.07) is 3.36. The van der Waals surface area contributed by atoms with Gasteiger partial charge in [0.1, 0.15) is 5.82 Å². The molecule has 1 aliphatic rings. The number of rotatable bonds is 3. The molecule has 3 heteroatoms. The van der Waals surface area contributed by atoms with Crippen LogP contribution in [0.25, 0.3) is 22.2 Å². The fourth-order valence-electron chi connectivity index (χ4n) is 2.13. The standard InChI is InChI=1S/C15H10FNS/c16-13-8-7-11-10-5-3-6-14(10)18-15(11)12(13)4-1-2-9-17/h1-2,5-9,17H,4H2/b2-1-,17-9?. The molecule has 0 amide bonds. The zero-order valence-electron chi connectivity index (χ0n) is 9.53. The number of thiophene rings is 1. The van der Waals surface area contributed by atoms with Crippen LogP contribution < -0.4 is 0 Å². The van der Waals surface area contributed by atoms with Crippen molar-refractivity contribution in [2.45, 2.75) is 6.42 Å². The quantitative estimate of drug-likeness (QED) is 0.529. The minimum Gasteiger partial charge on any atom is -0.309 e. The van der Waals surface area contributed by atoms with Crippen LogP contribution in [-0.2, 0) is 6.42 Å². The Morgan fingerprint density at radius 1 is 1.33 bits per heavy atom. The molecule has 3 rings (SSSR count). The van der Waals surface area contributed by atoms with Crippen molar-refractivity contribution in [1.82, 2.24) is 0 Å². The Balaban J connectivity index is 2.18. The molecule has 0 saturated heterocycles. The van der Waals surface area contributed by atoms with E-state index in [2.05, 4.69) is 5.73 Å². The van der Waals surface area contributed by atoms with Crippen LogP contribution in [0.5, 0.6) is 0 Å². The first-order valence-corrected chi connectivity index (χ1v) is 6.45. The van der Waals surface area contributed by atoms with Crippen molar-refractivity contribution in [2.75, 3.05) is 0 Å². The van der Waals surface area contributed by atoms with Gasteiger partial charge in [-0.3, -0.25) is 0 Å². The summed E-state index contributed by atoms with van der Waals surface area (Å²) in [6.07, 6.45) is 9.04. The van der Waals surface area contributed by atoms with Gasteiger partial charge in [-0.05, 0) is 36.8 Å². The van der Waals surface area contributed by atoms with Crippen LogP contribution in [0, 0.1) is 11.2 Å². The van der Waals surface area contributed by atoms with Crippen LogP contribution in [0.15, 0.2) is 30.0 Å². The first-order valence-electron chi connectivity index (χ1n) is 5.63. The van der Waals surface area contributed by atoms with Crippen molar-refractivity contribution in [3.8, 4) is 0 Å². The van der Waals surface area contributed by atoms with Crippen molar-refractivity contribution in [2.24, 2.45) is 0 Å². The van der Waals surface area contributed by atoms with E-state index in [9.17, 15) is 4.39 Å². The summed E-state index contributed by atoms with van der Waals surface area (Å²) in [6.45, 7) is 0. The number of halogens is 1. The lowest BCUT2D eigenvalue weighted by atomic mass is 10.1. The largest absolute Gasteiger partial charge is 0.309 e. The SMILES string of the molecule is N=C/C=C\Cc1c(F)ccc2c3c(sc12)C=C=C3. The normalized spacial score (nSPS) is 12.7. The van der Waals surface area contributed by atoms with E-state index in [-0.39, 0.29) is 5.82 Å². The van der Waals surface area contributed by atoms with Gasteiger partial charge in [0.05, 0.1) is 0 Å². The third-order valence-electron chi connectivity index (χ3n) is 2.97. The molecular formula is C15H10FNS. The van der Waals surface area contributed by atoms with Crippen LogP contribution in [0.1, 0.15) is 16.0 Å². The monoisotopic (exact) mass is 255 g/mol. The first-order chi connectivity index (χ1) is 8.81. The number of benzene rings is 1. The summed E-state index contributed by atoms with van der Waals surface area (Å²) in [4.78, 5) is 1.15. The average Bonchev–Trinajstić information content (AvgIpc) is 2.92. The first kappa shape index (κ1) is 11.1. The minimum atomic E-state index is -0.176. The van der Waals surface area contributed by atoms with Gasteiger partial charge in [0.2, 0.25) is 0 Å². The molecule has 2 aromatic rings. The maximum absolute atomic E-state index is 13.9. The molecule has 0 bridgehead atoms. The Kier molecular flexibility index (Phi) is 2.71. The van der Waals surface area contributed by atoms with Gasteiger partial charge in [-0.2, -0.15) is 0 Å². The average molecular weight is 255 g/mol. The summed E-state index contributed by atoms with van der Waals surface area (Å²) in [7, 11) is 0. The lowest BCUT2D eigenvalue weighted by molar-refractivity contribution is 0.618. The van der Waals surface area contributed by atoms with Crippen LogP contribution in [0.4, 0.5) is 4.39 Å². The van der Waals surface area contributed by atoms with Gasteiger partial charge in [-0.25, -0.2) is 4.39 Å². The molecule has 0 radical (unpaired) electrons. The predicted octanol–water partition coefficient (Wildman–Crippen LogP) is 4.43. The van der Waals surface area contributed by atoms with Gasteiger partial charge in [-0.15, -0.1) is 17.1 Å². The van der Waals surface area contributed by atoms with E-state index in [0.29, 0.717) is 12.0 Å². The molecule has 1 N–H and O–H groups in total. The maximum Gasteiger partial charge on any atom is 0.128 e. The van der Waals surface area contributed by atoms with Gasteiger partial charge in [0.25, 0.3) is 0 Å². The second-order valence-corrected chi connectivity index (χ2v) is 5.09. The van der Waals surface area contributed by atoms with Gasteiger partial charge in [0.15, 0.2) is 0 Å². The fraction of sp³-hybridized carbons (Fsp3) is 0.0667. The number of allylic oxidation sites excluding steroid dienone is 2. The zero-order chi connectivity index (χ0) is 12.5. The van der Waals surface area contributed by atoms with Crippen molar-refractivity contribution >= 4 is 39.8 Å². The molecule has 1 aromatic carbocycles. The predicted molar refractivity (Wildman–Crippen MR) is 75.9 cm³/mol. The van der Waals surface area contributed by atoms with Crippen molar-refractivity contribution < 1.29 is 4.39 Å². The Labute approximate surface area is 108 Å². The van der Waals surface area contributed by atoms with Gasteiger partial charge in [0, 0.05) is 32.3 Å². The van der Waals surface area contributed by atoms with Crippen LogP contribution in [0.2, 0.25) is 0 Å². The Morgan fingerprint density at radius 2 is 2.22 bits per heavy atom. The van der Waals surface area contributed by atoms with E-state index in [0.717, 1.165) is 20.5 Å². The highest BCUT2D eigenvalue weighted by molar-refractivity contribution is 7.20.